The Labute approximate surface area is 140 Å². The van der Waals surface area contributed by atoms with Gasteiger partial charge in [-0.25, -0.2) is 4.39 Å². The SMILES string of the molecule is CCOc1ccccc1CS[C@H](C)C(=O)Nc1ccccc1F. The summed E-state index contributed by atoms with van der Waals surface area (Å²) in [6, 6.07) is 13.9. The van der Waals surface area contributed by atoms with Gasteiger partial charge in [-0.05, 0) is 32.0 Å². The number of ether oxygens (including phenoxy) is 1. The lowest BCUT2D eigenvalue weighted by Crippen LogP contribution is -2.23. The number of halogens is 1. The third kappa shape index (κ3) is 4.99. The third-order valence-corrected chi connectivity index (χ3v) is 4.45. The van der Waals surface area contributed by atoms with Crippen molar-refractivity contribution in [3.63, 3.8) is 0 Å². The van der Waals surface area contributed by atoms with Crippen LogP contribution in [0.3, 0.4) is 0 Å². The average Bonchev–Trinajstić information content (AvgIpc) is 2.56. The van der Waals surface area contributed by atoms with E-state index in [0.717, 1.165) is 11.3 Å². The van der Waals surface area contributed by atoms with E-state index in [0.29, 0.717) is 12.4 Å². The Hall–Kier alpha value is -2.01. The topological polar surface area (TPSA) is 38.3 Å². The van der Waals surface area contributed by atoms with E-state index in [1.807, 2.05) is 38.1 Å². The highest BCUT2D eigenvalue weighted by Crippen LogP contribution is 2.26. The molecule has 2 aromatic carbocycles. The highest BCUT2D eigenvalue weighted by molar-refractivity contribution is 7.99. The Kier molecular flexibility index (Phi) is 6.47. The van der Waals surface area contributed by atoms with E-state index >= 15 is 0 Å². The number of anilines is 1. The minimum absolute atomic E-state index is 0.208. The zero-order valence-electron chi connectivity index (χ0n) is 13.2. The highest BCUT2D eigenvalue weighted by Gasteiger charge is 2.16. The van der Waals surface area contributed by atoms with Gasteiger partial charge in [0.15, 0.2) is 0 Å². The van der Waals surface area contributed by atoms with E-state index in [1.54, 1.807) is 18.2 Å². The largest absolute Gasteiger partial charge is 0.494 e. The Balaban J connectivity index is 1.93. The highest BCUT2D eigenvalue weighted by atomic mass is 32.2. The van der Waals surface area contributed by atoms with Crippen molar-refractivity contribution in [1.82, 2.24) is 0 Å². The van der Waals surface area contributed by atoms with Gasteiger partial charge in [0.05, 0.1) is 17.5 Å². The molecule has 0 aliphatic heterocycles. The van der Waals surface area contributed by atoms with Crippen LogP contribution in [-0.2, 0) is 10.5 Å². The maximum absolute atomic E-state index is 13.6. The van der Waals surface area contributed by atoms with Crippen LogP contribution in [-0.4, -0.2) is 17.8 Å². The summed E-state index contributed by atoms with van der Waals surface area (Å²) in [5.74, 6) is 0.847. The van der Waals surface area contributed by atoms with Crippen molar-refractivity contribution in [2.24, 2.45) is 0 Å². The summed E-state index contributed by atoms with van der Waals surface area (Å²) in [5.41, 5.74) is 1.25. The second kappa shape index (κ2) is 8.58. The van der Waals surface area contributed by atoms with Gasteiger partial charge in [0, 0.05) is 11.3 Å². The summed E-state index contributed by atoms with van der Waals surface area (Å²) >= 11 is 1.49. The van der Waals surface area contributed by atoms with Gasteiger partial charge in [-0.1, -0.05) is 30.3 Å². The molecule has 0 radical (unpaired) electrons. The van der Waals surface area contributed by atoms with E-state index < -0.39 is 5.82 Å². The molecule has 3 nitrogen and oxygen atoms in total. The van der Waals surface area contributed by atoms with Gasteiger partial charge in [-0.15, -0.1) is 11.8 Å². The fourth-order valence-corrected chi connectivity index (χ4v) is 2.89. The van der Waals surface area contributed by atoms with E-state index in [1.165, 1.54) is 17.8 Å². The summed E-state index contributed by atoms with van der Waals surface area (Å²) in [4.78, 5) is 12.2. The molecule has 0 saturated heterocycles. The summed E-state index contributed by atoms with van der Waals surface area (Å²) in [6.45, 7) is 4.35. The lowest BCUT2D eigenvalue weighted by atomic mass is 10.2. The molecule has 2 aromatic rings. The van der Waals surface area contributed by atoms with Crippen LogP contribution in [0.1, 0.15) is 19.4 Å². The second-order valence-corrected chi connectivity index (χ2v) is 6.29. The van der Waals surface area contributed by atoms with Gasteiger partial charge in [-0.2, -0.15) is 0 Å². The van der Waals surface area contributed by atoms with E-state index in [-0.39, 0.29) is 16.8 Å². The molecule has 23 heavy (non-hydrogen) atoms. The zero-order chi connectivity index (χ0) is 16.7. The molecular weight excluding hydrogens is 313 g/mol. The molecule has 0 spiro atoms. The third-order valence-electron chi connectivity index (χ3n) is 3.26. The Bertz CT molecular complexity index is 663. The van der Waals surface area contributed by atoms with Crippen LogP contribution in [0.2, 0.25) is 0 Å². The van der Waals surface area contributed by atoms with Crippen molar-refractivity contribution < 1.29 is 13.9 Å². The first kappa shape index (κ1) is 17.3. The first-order chi connectivity index (χ1) is 11.1. The quantitative estimate of drug-likeness (QED) is 0.811. The van der Waals surface area contributed by atoms with E-state index in [2.05, 4.69) is 5.32 Å². The summed E-state index contributed by atoms with van der Waals surface area (Å²) in [6.07, 6.45) is 0. The van der Waals surface area contributed by atoms with Gasteiger partial charge >= 0.3 is 0 Å². The van der Waals surface area contributed by atoms with E-state index in [4.69, 9.17) is 4.74 Å². The predicted octanol–water partition coefficient (Wildman–Crippen LogP) is 4.48. The fraction of sp³-hybridized carbons (Fsp3) is 0.278. The molecule has 1 atom stereocenters. The smallest absolute Gasteiger partial charge is 0.237 e. The molecular formula is C18H20FNO2S. The van der Waals surface area contributed by atoms with Gasteiger partial charge < -0.3 is 10.1 Å². The molecule has 0 heterocycles. The molecule has 0 aromatic heterocycles. The van der Waals surface area contributed by atoms with Crippen LogP contribution in [0.25, 0.3) is 0 Å². The average molecular weight is 333 g/mol. The number of thioether (sulfide) groups is 1. The van der Waals surface area contributed by atoms with Crippen LogP contribution >= 0.6 is 11.8 Å². The van der Waals surface area contributed by atoms with Crippen LogP contribution in [0, 0.1) is 5.82 Å². The molecule has 0 bridgehead atoms. The Morgan fingerprint density at radius 3 is 2.65 bits per heavy atom. The van der Waals surface area contributed by atoms with Crippen molar-refractivity contribution in [2.45, 2.75) is 24.9 Å². The number of carbonyl (C=O) groups is 1. The van der Waals surface area contributed by atoms with Gasteiger partial charge in [0.2, 0.25) is 5.91 Å². The number of carbonyl (C=O) groups excluding carboxylic acids is 1. The molecule has 0 aliphatic rings. The first-order valence-corrected chi connectivity index (χ1v) is 8.54. The number of rotatable bonds is 7. The van der Waals surface area contributed by atoms with Crippen molar-refractivity contribution in [3.8, 4) is 5.75 Å². The summed E-state index contributed by atoms with van der Waals surface area (Å²) < 4.78 is 19.1. The van der Waals surface area contributed by atoms with Crippen LogP contribution in [0.5, 0.6) is 5.75 Å². The fourth-order valence-electron chi connectivity index (χ4n) is 2.01. The molecule has 2 rings (SSSR count). The second-order valence-electron chi connectivity index (χ2n) is 4.96. The number of amides is 1. The summed E-state index contributed by atoms with van der Waals surface area (Å²) in [7, 11) is 0. The minimum Gasteiger partial charge on any atom is -0.494 e. The van der Waals surface area contributed by atoms with Crippen LogP contribution in [0.15, 0.2) is 48.5 Å². The van der Waals surface area contributed by atoms with Crippen LogP contribution in [0.4, 0.5) is 10.1 Å². The monoisotopic (exact) mass is 333 g/mol. The van der Waals surface area contributed by atoms with Gasteiger partial charge in [0.1, 0.15) is 11.6 Å². The lowest BCUT2D eigenvalue weighted by molar-refractivity contribution is -0.115. The number of nitrogens with one attached hydrogen (secondary N) is 1. The van der Waals surface area contributed by atoms with Crippen molar-refractivity contribution in [2.75, 3.05) is 11.9 Å². The first-order valence-electron chi connectivity index (χ1n) is 7.49. The number of benzene rings is 2. The van der Waals surface area contributed by atoms with Crippen molar-refractivity contribution in [3.05, 3.63) is 59.9 Å². The maximum atomic E-state index is 13.6. The molecule has 1 amide bonds. The van der Waals surface area contributed by atoms with Crippen LogP contribution < -0.4 is 10.1 Å². The standard InChI is InChI=1S/C18H20FNO2S/c1-3-22-17-11-7-4-8-14(17)12-23-13(2)18(21)20-16-10-6-5-9-15(16)19/h4-11,13H,3,12H2,1-2H3,(H,20,21)/t13-/m1/s1. The molecule has 0 unspecified atom stereocenters. The van der Waals surface area contributed by atoms with Gasteiger partial charge in [0.25, 0.3) is 0 Å². The molecule has 5 heteroatoms. The van der Waals surface area contributed by atoms with Gasteiger partial charge in [-0.3, -0.25) is 4.79 Å². The maximum Gasteiger partial charge on any atom is 0.237 e. The molecule has 122 valence electrons. The van der Waals surface area contributed by atoms with Crippen molar-refractivity contribution >= 4 is 23.4 Å². The zero-order valence-corrected chi connectivity index (χ0v) is 14.0. The Morgan fingerprint density at radius 2 is 1.91 bits per heavy atom. The molecule has 0 aliphatic carbocycles. The number of hydrogen-bond acceptors (Lipinski definition) is 3. The predicted molar refractivity (Wildman–Crippen MR) is 93.4 cm³/mol. The Morgan fingerprint density at radius 1 is 1.22 bits per heavy atom. The van der Waals surface area contributed by atoms with E-state index in [9.17, 15) is 9.18 Å². The molecule has 1 N–H and O–H groups in total. The molecule has 0 fully saturated rings. The normalized spacial score (nSPS) is 11.8. The van der Waals surface area contributed by atoms with Crippen molar-refractivity contribution in [1.29, 1.82) is 0 Å². The minimum atomic E-state index is -0.431. The molecule has 0 saturated carbocycles. The summed E-state index contributed by atoms with van der Waals surface area (Å²) in [5, 5.41) is 2.32. The number of hydrogen-bond donors (Lipinski definition) is 1. The lowest BCUT2D eigenvalue weighted by Gasteiger charge is -2.14. The number of para-hydroxylation sites is 2.